The van der Waals surface area contributed by atoms with E-state index in [-0.39, 0.29) is 5.92 Å². The number of H-pyrrole nitrogens is 2. The van der Waals surface area contributed by atoms with Gasteiger partial charge in [0, 0.05) is 16.6 Å². The Bertz CT molecular complexity index is 1080. The molecule has 3 aromatic rings. The molecule has 5 nitrogen and oxygen atoms in total. The number of fused-ring (bicyclic) bond motifs is 1. The number of rotatable bonds is 2. The van der Waals surface area contributed by atoms with E-state index in [4.69, 9.17) is 11.6 Å². The summed E-state index contributed by atoms with van der Waals surface area (Å²) in [6.45, 7) is 0. The SMILES string of the molecule is O=c1[nH]c2c(c(=O)[nH]1)C(c1ccccc1Cl)C=C(c1ccccc1)N2. The van der Waals surface area contributed by atoms with Crippen molar-refractivity contribution in [2.45, 2.75) is 5.92 Å². The molecule has 1 unspecified atom stereocenters. The van der Waals surface area contributed by atoms with Gasteiger partial charge in [-0.3, -0.25) is 14.8 Å². The summed E-state index contributed by atoms with van der Waals surface area (Å²) in [7, 11) is 0. The van der Waals surface area contributed by atoms with Crippen molar-refractivity contribution in [3.63, 3.8) is 0 Å². The van der Waals surface area contributed by atoms with Crippen LogP contribution >= 0.6 is 11.6 Å². The van der Waals surface area contributed by atoms with Crippen LogP contribution in [0.15, 0.2) is 70.3 Å². The van der Waals surface area contributed by atoms with Gasteiger partial charge in [0.2, 0.25) is 0 Å². The molecule has 1 aliphatic heterocycles. The molecule has 0 spiro atoms. The van der Waals surface area contributed by atoms with E-state index in [1.807, 2.05) is 54.6 Å². The fourth-order valence-electron chi connectivity index (χ4n) is 3.08. The van der Waals surface area contributed by atoms with Crippen LogP contribution in [0.1, 0.15) is 22.6 Å². The van der Waals surface area contributed by atoms with E-state index in [1.165, 1.54) is 0 Å². The maximum absolute atomic E-state index is 12.4. The Morgan fingerprint density at radius 1 is 0.880 bits per heavy atom. The number of hydrogen-bond acceptors (Lipinski definition) is 3. The zero-order chi connectivity index (χ0) is 17.4. The van der Waals surface area contributed by atoms with Crippen molar-refractivity contribution < 1.29 is 0 Å². The van der Waals surface area contributed by atoms with Crippen molar-refractivity contribution >= 4 is 23.1 Å². The predicted octanol–water partition coefficient (Wildman–Crippen LogP) is 3.32. The quantitative estimate of drug-likeness (QED) is 0.662. The largest absolute Gasteiger partial charge is 0.341 e. The highest BCUT2D eigenvalue weighted by atomic mass is 35.5. The Kier molecular flexibility index (Phi) is 3.78. The van der Waals surface area contributed by atoms with Crippen molar-refractivity contribution in [2.75, 3.05) is 5.32 Å². The number of anilines is 1. The minimum absolute atomic E-state index is 0.374. The Morgan fingerprint density at radius 3 is 2.36 bits per heavy atom. The third-order valence-corrected chi connectivity index (χ3v) is 4.55. The normalized spacial score (nSPS) is 15.9. The molecular weight excluding hydrogens is 338 g/mol. The fraction of sp³-hybridized carbons (Fsp3) is 0.0526. The molecule has 0 saturated carbocycles. The van der Waals surface area contributed by atoms with Gasteiger partial charge < -0.3 is 5.32 Å². The molecule has 1 aliphatic rings. The summed E-state index contributed by atoms with van der Waals surface area (Å²) < 4.78 is 0. The lowest BCUT2D eigenvalue weighted by Gasteiger charge is -2.25. The molecule has 124 valence electrons. The van der Waals surface area contributed by atoms with E-state index in [2.05, 4.69) is 15.3 Å². The molecule has 6 heteroatoms. The van der Waals surface area contributed by atoms with Crippen molar-refractivity contribution in [1.29, 1.82) is 0 Å². The van der Waals surface area contributed by atoms with Gasteiger partial charge in [-0.05, 0) is 23.3 Å². The maximum Gasteiger partial charge on any atom is 0.327 e. The van der Waals surface area contributed by atoms with E-state index in [1.54, 1.807) is 6.07 Å². The lowest BCUT2D eigenvalue weighted by molar-refractivity contribution is 0.914. The van der Waals surface area contributed by atoms with Gasteiger partial charge in [0.25, 0.3) is 5.56 Å². The molecule has 0 fully saturated rings. The molecule has 1 aromatic heterocycles. The van der Waals surface area contributed by atoms with Gasteiger partial charge in [-0.25, -0.2) is 4.79 Å². The molecule has 0 amide bonds. The molecule has 1 atom stereocenters. The van der Waals surface area contributed by atoms with Gasteiger partial charge in [-0.2, -0.15) is 0 Å². The number of aromatic nitrogens is 2. The van der Waals surface area contributed by atoms with Crippen LogP contribution < -0.4 is 16.6 Å². The molecule has 0 bridgehead atoms. The average Bonchev–Trinajstić information content (AvgIpc) is 2.61. The topological polar surface area (TPSA) is 77.8 Å². The number of aromatic amines is 2. The Balaban J connectivity index is 1.97. The van der Waals surface area contributed by atoms with E-state index in [0.29, 0.717) is 16.4 Å². The Hall–Kier alpha value is -3.05. The highest BCUT2D eigenvalue weighted by Gasteiger charge is 2.27. The summed E-state index contributed by atoms with van der Waals surface area (Å²) in [5.41, 5.74) is 2.01. The molecule has 2 aromatic carbocycles. The minimum atomic E-state index is -0.552. The van der Waals surface area contributed by atoms with Gasteiger partial charge >= 0.3 is 5.69 Å². The summed E-state index contributed by atoms with van der Waals surface area (Å²) >= 11 is 6.37. The van der Waals surface area contributed by atoms with E-state index in [9.17, 15) is 9.59 Å². The molecular formula is C19H14ClN3O2. The number of hydrogen-bond donors (Lipinski definition) is 3. The fourth-order valence-corrected chi connectivity index (χ4v) is 3.33. The summed E-state index contributed by atoms with van der Waals surface area (Å²) in [6, 6.07) is 17.1. The zero-order valence-corrected chi connectivity index (χ0v) is 13.8. The first-order valence-electron chi connectivity index (χ1n) is 7.78. The van der Waals surface area contributed by atoms with Crippen molar-refractivity contribution in [1.82, 2.24) is 9.97 Å². The first kappa shape index (κ1) is 15.5. The second-order valence-corrected chi connectivity index (χ2v) is 6.17. The van der Waals surface area contributed by atoms with Crippen LogP contribution in [0.4, 0.5) is 5.82 Å². The van der Waals surface area contributed by atoms with Crippen LogP contribution in [0.25, 0.3) is 5.70 Å². The average molecular weight is 352 g/mol. The number of allylic oxidation sites excluding steroid dienone is 1. The van der Waals surface area contributed by atoms with Gasteiger partial charge in [0.05, 0.1) is 5.56 Å². The second-order valence-electron chi connectivity index (χ2n) is 5.77. The minimum Gasteiger partial charge on any atom is -0.341 e. The van der Waals surface area contributed by atoms with Crippen LogP contribution in [0.2, 0.25) is 5.02 Å². The number of benzene rings is 2. The third kappa shape index (κ3) is 2.79. The molecule has 4 rings (SSSR count). The van der Waals surface area contributed by atoms with Crippen LogP contribution in [0, 0.1) is 0 Å². The van der Waals surface area contributed by atoms with Gasteiger partial charge in [0.15, 0.2) is 0 Å². The maximum atomic E-state index is 12.4. The summed E-state index contributed by atoms with van der Waals surface area (Å²) in [5.74, 6) is 0.0146. The first-order valence-corrected chi connectivity index (χ1v) is 8.16. The van der Waals surface area contributed by atoms with Crippen LogP contribution in [-0.4, -0.2) is 9.97 Å². The number of halogens is 1. The highest BCUT2D eigenvalue weighted by molar-refractivity contribution is 6.31. The van der Waals surface area contributed by atoms with Crippen molar-refractivity contribution in [3.05, 3.63) is 103 Å². The molecule has 25 heavy (non-hydrogen) atoms. The van der Waals surface area contributed by atoms with Crippen LogP contribution in [-0.2, 0) is 0 Å². The number of nitrogens with one attached hydrogen (secondary N) is 3. The van der Waals surface area contributed by atoms with Gasteiger partial charge in [-0.1, -0.05) is 60.1 Å². The Labute approximate surface area is 148 Å². The molecule has 3 N–H and O–H groups in total. The monoisotopic (exact) mass is 351 g/mol. The zero-order valence-electron chi connectivity index (χ0n) is 13.0. The first-order chi connectivity index (χ1) is 12.1. The van der Waals surface area contributed by atoms with E-state index < -0.39 is 11.2 Å². The Morgan fingerprint density at radius 2 is 1.60 bits per heavy atom. The van der Waals surface area contributed by atoms with Crippen LogP contribution in [0.5, 0.6) is 0 Å². The van der Waals surface area contributed by atoms with E-state index >= 15 is 0 Å². The lowest BCUT2D eigenvalue weighted by Crippen LogP contribution is -2.31. The second kappa shape index (κ2) is 6.11. The standard InChI is InChI=1S/C19H14ClN3O2/c20-14-9-5-4-8-12(14)13-10-15(11-6-2-1-3-7-11)21-17-16(13)18(24)23-19(25)22-17/h1-10,13H,(H3,21,22,23,24,25). The van der Waals surface area contributed by atoms with Crippen molar-refractivity contribution in [2.24, 2.45) is 0 Å². The molecule has 0 aliphatic carbocycles. The van der Waals surface area contributed by atoms with Gasteiger partial charge in [-0.15, -0.1) is 0 Å². The summed E-state index contributed by atoms with van der Waals surface area (Å²) in [4.78, 5) is 29.1. The lowest BCUT2D eigenvalue weighted by atomic mass is 9.88. The summed E-state index contributed by atoms with van der Waals surface area (Å²) in [6.07, 6.45) is 1.95. The van der Waals surface area contributed by atoms with Crippen LogP contribution in [0.3, 0.4) is 0 Å². The van der Waals surface area contributed by atoms with E-state index in [0.717, 1.165) is 16.8 Å². The van der Waals surface area contributed by atoms with Crippen molar-refractivity contribution in [3.8, 4) is 0 Å². The van der Waals surface area contributed by atoms with Gasteiger partial charge in [0.1, 0.15) is 5.82 Å². The smallest absolute Gasteiger partial charge is 0.327 e. The molecule has 2 heterocycles. The molecule has 0 saturated heterocycles. The highest BCUT2D eigenvalue weighted by Crippen LogP contribution is 2.38. The summed E-state index contributed by atoms with van der Waals surface area (Å²) in [5, 5.41) is 3.72. The third-order valence-electron chi connectivity index (χ3n) is 4.21. The molecule has 0 radical (unpaired) electrons. The predicted molar refractivity (Wildman–Crippen MR) is 99.0 cm³/mol.